The van der Waals surface area contributed by atoms with Crippen LogP contribution in [0.4, 0.5) is 5.69 Å². The smallest absolute Gasteiger partial charge is 0.252 e. The fourth-order valence-electron chi connectivity index (χ4n) is 3.36. The van der Waals surface area contributed by atoms with Crippen LogP contribution in [0.3, 0.4) is 0 Å². The topological polar surface area (TPSA) is 52.7 Å². The van der Waals surface area contributed by atoms with Crippen molar-refractivity contribution in [3.63, 3.8) is 0 Å². The molecule has 1 fully saturated rings. The first-order valence-electron chi connectivity index (χ1n) is 9.52. The second-order valence-electron chi connectivity index (χ2n) is 6.98. The highest BCUT2D eigenvalue weighted by Gasteiger charge is 2.42. The fourth-order valence-corrected chi connectivity index (χ4v) is 4.44. The molecule has 0 aliphatic carbocycles. The number of nitrogens with one attached hydrogen (secondary N) is 1. The summed E-state index contributed by atoms with van der Waals surface area (Å²) in [4.78, 5) is 28.9. The third-order valence-electron chi connectivity index (χ3n) is 4.84. The van der Waals surface area contributed by atoms with E-state index in [9.17, 15) is 9.59 Å². The number of thiocarbonyl (C=S) groups is 1. The van der Waals surface area contributed by atoms with E-state index < -0.39 is 6.04 Å². The molecule has 0 spiro atoms. The lowest BCUT2D eigenvalue weighted by molar-refractivity contribution is -0.130. The second kappa shape index (κ2) is 10.5. The van der Waals surface area contributed by atoms with Crippen molar-refractivity contribution in [3.05, 3.63) is 75.8 Å². The van der Waals surface area contributed by atoms with Crippen LogP contribution < -0.4 is 5.32 Å². The van der Waals surface area contributed by atoms with Gasteiger partial charge in [0.15, 0.2) is 5.11 Å². The first-order chi connectivity index (χ1) is 14.8. The zero-order chi connectivity index (χ0) is 22.5. The van der Waals surface area contributed by atoms with E-state index in [0.29, 0.717) is 38.8 Å². The van der Waals surface area contributed by atoms with Crippen LogP contribution in [-0.4, -0.2) is 45.9 Å². The van der Waals surface area contributed by atoms with Gasteiger partial charge in [0.1, 0.15) is 6.04 Å². The Bertz CT molecular complexity index is 1030. The molecule has 0 aromatic heterocycles. The number of carbonyl (C=O) groups excluding carboxylic acids is 2. The Hall–Kier alpha value is -2.12. The van der Waals surface area contributed by atoms with Crippen molar-refractivity contribution in [1.29, 1.82) is 0 Å². The summed E-state index contributed by atoms with van der Waals surface area (Å²) in [6, 6.07) is 11.4. The molecule has 5 nitrogen and oxygen atoms in total. The van der Waals surface area contributed by atoms with Crippen molar-refractivity contribution < 1.29 is 9.59 Å². The Morgan fingerprint density at radius 2 is 1.90 bits per heavy atom. The first-order valence-corrected chi connectivity index (χ1v) is 11.1. The molecule has 3 rings (SSSR count). The highest BCUT2D eigenvalue weighted by Crippen LogP contribution is 2.25. The van der Waals surface area contributed by atoms with Gasteiger partial charge in [0, 0.05) is 33.8 Å². The van der Waals surface area contributed by atoms with Crippen LogP contribution in [0.2, 0.25) is 15.1 Å². The maximum Gasteiger partial charge on any atom is 0.252 e. The lowest BCUT2D eigenvalue weighted by Gasteiger charge is -2.24. The summed E-state index contributed by atoms with van der Waals surface area (Å²) in [5.74, 6) is -0.535. The molecule has 1 heterocycles. The van der Waals surface area contributed by atoms with Crippen molar-refractivity contribution in [2.24, 2.45) is 0 Å². The molecule has 1 aliphatic heterocycles. The number of anilines is 1. The molecule has 9 heteroatoms. The van der Waals surface area contributed by atoms with E-state index >= 15 is 0 Å². The Balaban J connectivity index is 1.75. The summed E-state index contributed by atoms with van der Waals surface area (Å²) < 4.78 is 0. The third-order valence-corrected chi connectivity index (χ3v) is 6.12. The number of carbonyl (C=O) groups is 2. The summed E-state index contributed by atoms with van der Waals surface area (Å²) in [7, 11) is 0. The highest BCUT2D eigenvalue weighted by molar-refractivity contribution is 7.80. The van der Waals surface area contributed by atoms with Crippen molar-refractivity contribution in [2.45, 2.75) is 18.9 Å². The third kappa shape index (κ3) is 5.77. The number of halogens is 3. The van der Waals surface area contributed by atoms with Gasteiger partial charge in [0.05, 0.1) is 6.42 Å². The molecule has 1 aliphatic rings. The number of hydrogen-bond donors (Lipinski definition) is 1. The minimum Gasteiger partial charge on any atom is -0.336 e. The fraction of sp³-hybridized carbons (Fsp3) is 0.227. The van der Waals surface area contributed by atoms with E-state index in [1.165, 1.54) is 4.90 Å². The van der Waals surface area contributed by atoms with Gasteiger partial charge in [-0.05, 0) is 54.5 Å². The molecule has 162 valence electrons. The molecule has 2 amide bonds. The van der Waals surface area contributed by atoms with Gasteiger partial charge in [0.2, 0.25) is 5.91 Å². The van der Waals surface area contributed by atoms with Crippen molar-refractivity contribution >= 4 is 69.6 Å². The van der Waals surface area contributed by atoms with E-state index in [0.717, 1.165) is 5.56 Å². The molecule has 1 N–H and O–H groups in total. The maximum atomic E-state index is 13.0. The number of amides is 2. The molecule has 1 atom stereocenters. The molecule has 0 unspecified atom stereocenters. The Morgan fingerprint density at radius 1 is 1.16 bits per heavy atom. The van der Waals surface area contributed by atoms with Crippen molar-refractivity contribution in [2.75, 3.05) is 18.4 Å². The van der Waals surface area contributed by atoms with Gasteiger partial charge in [-0.15, -0.1) is 6.58 Å². The summed E-state index contributed by atoms with van der Waals surface area (Å²) >= 11 is 23.8. The molecular formula is C22H20Cl3N3O2S. The minimum absolute atomic E-state index is 0.0481. The van der Waals surface area contributed by atoms with Crippen molar-refractivity contribution in [3.8, 4) is 0 Å². The Morgan fingerprint density at radius 3 is 2.58 bits per heavy atom. The van der Waals surface area contributed by atoms with E-state index in [1.54, 1.807) is 47.4 Å². The Labute approximate surface area is 201 Å². The van der Waals surface area contributed by atoms with Crippen molar-refractivity contribution in [1.82, 2.24) is 9.80 Å². The van der Waals surface area contributed by atoms with Crippen LogP contribution in [0.5, 0.6) is 0 Å². The Kier molecular flexibility index (Phi) is 7.94. The van der Waals surface area contributed by atoms with Crippen LogP contribution >= 0.6 is 47.0 Å². The van der Waals surface area contributed by atoms with E-state index in [1.807, 2.05) is 6.07 Å². The standard InChI is InChI=1S/C22H20Cl3N3O2S/c1-2-9-28-21(30)19(13-20(29)26-17-5-3-4-15(23)11-17)27(22(28)31)10-8-14-6-7-16(24)12-18(14)25/h2-7,11-12,19H,1,8-10,13H2,(H,26,29)/t19-/m0/s1. The number of rotatable bonds is 8. The summed E-state index contributed by atoms with van der Waals surface area (Å²) in [6.45, 7) is 4.39. The molecule has 1 saturated heterocycles. The van der Waals surface area contributed by atoms with Crippen LogP contribution in [0.1, 0.15) is 12.0 Å². The van der Waals surface area contributed by atoms with Crippen LogP contribution in [0.25, 0.3) is 0 Å². The SMILES string of the molecule is C=CCN1C(=O)[C@H](CC(=O)Nc2cccc(Cl)c2)N(CCc2ccc(Cl)cc2Cl)C1=S. The van der Waals surface area contributed by atoms with E-state index in [4.69, 9.17) is 47.0 Å². The predicted octanol–water partition coefficient (Wildman–Crippen LogP) is 5.20. The average Bonchev–Trinajstić information content (AvgIpc) is 2.92. The van der Waals surface area contributed by atoms with Crippen LogP contribution in [0.15, 0.2) is 55.1 Å². The van der Waals surface area contributed by atoms with Gasteiger partial charge >= 0.3 is 0 Å². The van der Waals surface area contributed by atoms with E-state index in [-0.39, 0.29) is 24.8 Å². The molecule has 0 radical (unpaired) electrons. The highest BCUT2D eigenvalue weighted by atomic mass is 35.5. The summed E-state index contributed by atoms with van der Waals surface area (Å²) in [6.07, 6.45) is 2.10. The second-order valence-corrected chi connectivity index (χ2v) is 8.62. The number of benzene rings is 2. The average molecular weight is 497 g/mol. The normalized spacial score (nSPS) is 16.0. The predicted molar refractivity (Wildman–Crippen MR) is 130 cm³/mol. The number of hydrogen-bond acceptors (Lipinski definition) is 3. The summed E-state index contributed by atoms with van der Waals surface area (Å²) in [5, 5.41) is 4.75. The van der Waals surface area contributed by atoms with Gasteiger partial charge in [-0.3, -0.25) is 14.5 Å². The van der Waals surface area contributed by atoms with Crippen LogP contribution in [0, 0.1) is 0 Å². The van der Waals surface area contributed by atoms with Gasteiger partial charge in [0.25, 0.3) is 5.91 Å². The number of nitrogens with zero attached hydrogens (tertiary/aromatic N) is 2. The quantitative estimate of drug-likeness (QED) is 0.403. The van der Waals surface area contributed by atoms with Gasteiger partial charge < -0.3 is 10.2 Å². The van der Waals surface area contributed by atoms with Crippen LogP contribution in [-0.2, 0) is 16.0 Å². The molecule has 2 aromatic carbocycles. The zero-order valence-electron chi connectivity index (χ0n) is 16.5. The zero-order valence-corrected chi connectivity index (χ0v) is 19.6. The monoisotopic (exact) mass is 495 g/mol. The molecule has 31 heavy (non-hydrogen) atoms. The minimum atomic E-state index is -0.710. The summed E-state index contributed by atoms with van der Waals surface area (Å²) in [5.41, 5.74) is 1.44. The maximum absolute atomic E-state index is 13.0. The van der Waals surface area contributed by atoms with E-state index in [2.05, 4.69) is 11.9 Å². The van der Waals surface area contributed by atoms with Gasteiger partial charge in [-0.1, -0.05) is 53.0 Å². The largest absolute Gasteiger partial charge is 0.336 e. The van der Waals surface area contributed by atoms with Gasteiger partial charge in [-0.25, -0.2) is 0 Å². The lowest BCUT2D eigenvalue weighted by atomic mass is 10.1. The molecular weight excluding hydrogens is 477 g/mol. The lowest BCUT2D eigenvalue weighted by Crippen LogP contribution is -2.39. The molecule has 0 bridgehead atoms. The molecule has 2 aromatic rings. The molecule has 0 saturated carbocycles. The first kappa shape index (κ1) is 23.5. The van der Waals surface area contributed by atoms with Gasteiger partial charge in [-0.2, -0.15) is 0 Å².